The molecule has 4 rings (SSSR count). The van der Waals surface area contributed by atoms with Gasteiger partial charge in [0, 0.05) is 18.9 Å². The largest absolute Gasteiger partial charge is 0.331 e. The van der Waals surface area contributed by atoms with Crippen LogP contribution in [0.1, 0.15) is 6.92 Å². The second-order valence-corrected chi connectivity index (χ2v) is 6.34. The number of hydrogen-bond acceptors (Lipinski definition) is 4. The van der Waals surface area contributed by atoms with Crippen molar-refractivity contribution >= 4 is 45.9 Å². The molecule has 0 aliphatic rings. The summed E-state index contributed by atoms with van der Waals surface area (Å²) >= 11 is 12.4. The Balaban J connectivity index is 1.67. The first-order valence-electron chi connectivity index (χ1n) is 7.84. The summed E-state index contributed by atoms with van der Waals surface area (Å²) in [5.41, 5.74) is 1.96. The molecule has 26 heavy (non-hydrogen) atoms. The van der Waals surface area contributed by atoms with Gasteiger partial charge in [0.05, 0.1) is 28.0 Å². The number of nitrogens with zero attached hydrogens (tertiary/aromatic N) is 5. The molecule has 0 aliphatic heterocycles. The predicted molar refractivity (Wildman–Crippen MR) is 100 cm³/mol. The SMILES string of the molecule is CCn1cc(Cl)c2cnc(Nc3cn(-c4ccc(F)cc4)nc3Cl)nc21. The highest BCUT2D eigenvalue weighted by Gasteiger charge is 2.13. The Morgan fingerprint density at radius 1 is 1.15 bits per heavy atom. The third-order valence-corrected chi connectivity index (χ3v) is 4.50. The lowest BCUT2D eigenvalue weighted by atomic mass is 10.3. The summed E-state index contributed by atoms with van der Waals surface area (Å²) in [6.45, 7) is 2.75. The highest BCUT2D eigenvalue weighted by atomic mass is 35.5. The fourth-order valence-corrected chi connectivity index (χ4v) is 3.04. The number of anilines is 2. The lowest BCUT2D eigenvalue weighted by Crippen LogP contribution is -1.99. The van der Waals surface area contributed by atoms with E-state index in [1.807, 2.05) is 17.7 Å². The van der Waals surface area contributed by atoms with Crippen LogP contribution in [0, 0.1) is 5.82 Å². The molecule has 0 unspecified atom stereocenters. The van der Waals surface area contributed by atoms with Crippen molar-refractivity contribution in [2.75, 3.05) is 5.32 Å². The summed E-state index contributed by atoms with van der Waals surface area (Å²) in [4.78, 5) is 8.79. The summed E-state index contributed by atoms with van der Waals surface area (Å²) < 4.78 is 16.6. The molecule has 0 saturated heterocycles. The third kappa shape index (κ3) is 3.00. The van der Waals surface area contributed by atoms with E-state index in [1.165, 1.54) is 12.1 Å². The first kappa shape index (κ1) is 16.8. The van der Waals surface area contributed by atoms with Crippen molar-refractivity contribution in [2.24, 2.45) is 0 Å². The van der Waals surface area contributed by atoms with Crippen LogP contribution in [0.4, 0.5) is 16.0 Å². The van der Waals surface area contributed by atoms with Crippen molar-refractivity contribution < 1.29 is 4.39 Å². The Hall–Kier alpha value is -2.64. The topological polar surface area (TPSA) is 60.6 Å². The molecule has 1 aromatic carbocycles. The fraction of sp³-hybridized carbons (Fsp3) is 0.118. The van der Waals surface area contributed by atoms with Gasteiger partial charge in [0.15, 0.2) is 5.15 Å². The molecular weight excluding hydrogens is 378 g/mol. The molecule has 0 aliphatic carbocycles. The molecule has 6 nitrogen and oxygen atoms in total. The molecule has 0 spiro atoms. The van der Waals surface area contributed by atoms with Crippen LogP contribution in [-0.2, 0) is 6.54 Å². The summed E-state index contributed by atoms with van der Waals surface area (Å²) in [7, 11) is 0. The molecule has 0 amide bonds. The van der Waals surface area contributed by atoms with Gasteiger partial charge in [0.25, 0.3) is 0 Å². The summed E-state index contributed by atoms with van der Waals surface area (Å²) in [5.74, 6) is 0.0622. The molecule has 0 bridgehead atoms. The van der Waals surface area contributed by atoms with Crippen LogP contribution in [-0.4, -0.2) is 24.3 Å². The van der Waals surface area contributed by atoms with Crippen LogP contribution >= 0.6 is 23.2 Å². The molecular formula is C17H13Cl2FN6. The predicted octanol–water partition coefficient (Wildman–Crippen LogP) is 4.83. The van der Waals surface area contributed by atoms with Crippen LogP contribution in [0.15, 0.2) is 42.9 Å². The molecule has 0 atom stereocenters. The van der Waals surface area contributed by atoms with Crippen molar-refractivity contribution in [3.05, 3.63) is 58.8 Å². The maximum Gasteiger partial charge on any atom is 0.229 e. The van der Waals surface area contributed by atoms with Gasteiger partial charge in [-0.15, -0.1) is 0 Å². The molecule has 132 valence electrons. The Bertz CT molecular complexity index is 1090. The minimum Gasteiger partial charge on any atom is -0.331 e. The Morgan fingerprint density at radius 3 is 2.65 bits per heavy atom. The molecule has 3 heterocycles. The summed E-state index contributed by atoms with van der Waals surface area (Å²) in [6, 6.07) is 5.94. The van der Waals surface area contributed by atoms with Crippen molar-refractivity contribution in [2.45, 2.75) is 13.5 Å². The monoisotopic (exact) mass is 390 g/mol. The molecule has 0 saturated carbocycles. The van der Waals surface area contributed by atoms with E-state index in [9.17, 15) is 4.39 Å². The van der Waals surface area contributed by atoms with Gasteiger partial charge in [-0.3, -0.25) is 0 Å². The number of aromatic nitrogens is 5. The number of aryl methyl sites for hydroxylation is 1. The lowest BCUT2D eigenvalue weighted by molar-refractivity contribution is 0.627. The smallest absolute Gasteiger partial charge is 0.229 e. The first-order valence-corrected chi connectivity index (χ1v) is 8.60. The quantitative estimate of drug-likeness (QED) is 0.542. The van der Waals surface area contributed by atoms with Gasteiger partial charge in [-0.25, -0.2) is 14.1 Å². The Labute approximate surface area is 158 Å². The summed E-state index contributed by atoms with van der Waals surface area (Å²) in [5, 5.41) is 8.92. The van der Waals surface area contributed by atoms with Crippen molar-refractivity contribution in [1.82, 2.24) is 24.3 Å². The minimum atomic E-state index is -0.315. The number of fused-ring (bicyclic) bond motifs is 1. The van der Waals surface area contributed by atoms with E-state index in [0.717, 1.165) is 17.6 Å². The van der Waals surface area contributed by atoms with Gasteiger partial charge in [0.1, 0.15) is 11.5 Å². The van der Waals surface area contributed by atoms with E-state index >= 15 is 0 Å². The molecule has 1 N–H and O–H groups in total. The molecule has 0 fully saturated rings. The number of rotatable bonds is 4. The van der Waals surface area contributed by atoms with Crippen LogP contribution in [0.25, 0.3) is 16.7 Å². The van der Waals surface area contributed by atoms with E-state index in [2.05, 4.69) is 20.4 Å². The number of benzene rings is 1. The van der Waals surface area contributed by atoms with Gasteiger partial charge in [-0.05, 0) is 31.2 Å². The standard InChI is InChI=1S/C17H13Cl2FN6/c1-2-25-8-13(18)12-7-21-17(23-16(12)25)22-14-9-26(24-15(14)19)11-5-3-10(20)4-6-11/h3-9H,2H2,1H3,(H,21,22,23). The van der Waals surface area contributed by atoms with E-state index in [0.29, 0.717) is 22.3 Å². The Morgan fingerprint density at radius 2 is 1.92 bits per heavy atom. The summed E-state index contributed by atoms with van der Waals surface area (Å²) in [6.07, 6.45) is 5.18. The second kappa shape index (κ2) is 6.59. The molecule has 9 heteroatoms. The van der Waals surface area contributed by atoms with Crippen LogP contribution < -0.4 is 5.32 Å². The maximum absolute atomic E-state index is 13.1. The van der Waals surface area contributed by atoms with E-state index in [4.69, 9.17) is 23.2 Å². The van der Waals surface area contributed by atoms with Gasteiger partial charge < -0.3 is 9.88 Å². The molecule has 3 aromatic heterocycles. The third-order valence-electron chi connectivity index (χ3n) is 3.91. The maximum atomic E-state index is 13.1. The zero-order valence-electron chi connectivity index (χ0n) is 13.6. The van der Waals surface area contributed by atoms with Crippen LogP contribution in [0.2, 0.25) is 10.2 Å². The first-order chi connectivity index (χ1) is 12.5. The van der Waals surface area contributed by atoms with Gasteiger partial charge in [0.2, 0.25) is 5.95 Å². The average Bonchev–Trinajstić information content (AvgIpc) is 3.16. The zero-order valence-corrected chi connectivity index (χ0v) is 15.1. The Kier molecular flexibility index (Phi) is 4.26. The normalized spacial score (nSPS) is 11.2. The van der Waals surface area contributed by atoms with Crippen molar-refractivity contribution in [3.63, 3.8) is 0 Å². The lowest BCUT2D eigenvalue weighted by Gasteiger charge is -2.04. The second-order valence-electron chi connectivity index (χ2n) is 5.57. The van der Waals surface area contributed by atoms with E-state index < -0.39 is 0 Å². The van der Waals surface area contributed by atoms with Gasteiger partial charge in [-0.1, -0.05) is 23.2 Å². The molecule has 0 radical (unpaired) electrons. The van der Waals surface area contributed by atoms with E-state index in [-0.39, 0.29) is 11.0 Å². The minimum absolute atomic E-state index is 0.252. The highest BCUT2D eigenvalue weighted by Crippen LogP contribution is 2.27. The zero-order chi connectivity index (χ0) is 18.3. The van der Waals surface area contributed by atoms with Crippen LogP contribution in [0.5, 0.6) is 0 Å². The average molecular weight is 391 g/mol. The highest BCUT2D eigenvalue weighted by molar-refractivity contribution is 6.35. The fourth-order valence-electron chi connectivity index (χ4n) is 2.61. The van der Waals surface area contributed by atoms with Gasteiger partial charge in [-0.2, -0.15) is 10.1 Å². The van der Waals surface area contributed by atoms with Crippen molar-refractivity contribution in [3.8, 4) is 5.69 Å². The number of hydrogen-bond donors (Lipinski definition) is 1. The van der Waals surface area contributed by atoms with Gasteiger partial charge >= 0.3 is 0 Å². The van der Waals surface area contributed by atoms with Crippen molar-refractivity contribution in [1.29, 1.82) is 0 Å². The molecule has 4 aromatic rings. The number of halogens is 3. The number of nitrogens with one attached hydrogen (secondary N) is 1. The van der Waals surface area contributed by atoms with Crippen LogP contribution in [0.3, 0.4) is 0 Å². The van der Waals surface area contributed by atoms with E-state index in [1.54, 1.807) is 29.2 Å².